The normalized spacial score (nSPS) is 20.6. The zero-order chi connectivity index (χ0) is 39.8. The number of ether oxygens (including phenoxy) is 4. The molecule has 0 aliphatic carbocycles. The Morgan fingerprint density at radius 1 is 0.982 bits per heavy atom. The molecule has 0 unspecified atom stereocenters. The Morgan fingerprint density at radius 2 is 1.77 bits per heavy atom. The van der Waals surface area contributed by atoms with Crippen LogP contribution in [0.1, 0.15) is 72.8 Å². The molecule has 3 saturated heterocycles. The smallest absolute Gasteiger partial charge is 0.319 e. The Morgan fingerprint density at radius 3 is 2.52 bits per heavy atom. The molecule has 2 aromatic heterocycles. The number of alkyl halides is 1. The number of aromatic nitrogens is 3. The van der Waals surface area contributed by atoms with Crippen LogP contribution in [0.3, 0.4) is 0 Å². The van der Waals surface area contributed by atoms with Crippen molar-refractivity contribution >= 4 is 35.6 Å². The first-order valence-electron chi connectivity index (χ1n) is 20.0. The molecular weight excluding hydrogens is 736 g/mol. The SMILES string of the molecule is COCOc1cc(-c2ncc3c(N4CCCOCC4)nc(OC[C@@]45CCCN4C[C@H](F)C5)nc3c2F)c2c(C#C[Si](C(C)C)(C(C)C)C(C)C)c(F)ccc2c1. The Kier molecular flexibility index (Phi) is 11.8. The number of anilines is 1. The van der Waals surface area contributed by atoms with Crippen molar-refractivity contribution in [2.24, 2.45) is 0 Å². The topological polar surface area (TPSA) is 82.1 Å². The van der Waals surface area contributed by atoms with Gasteiger partial charge in [0.05, 0.1) is 23.1 Å². The van der Waals surface area contributed by atoms with Crippen LogP contribution in [0.2, 0.25) is 16.6 Å². The highest BCUT2D eigenvalue weighted by molar-refractivity contribution is 6.90. The lowest BCUT2D eigenvalue weighted by Crippen LogP contribution is -2.43. The third-order valence-corrected chi connectivity index (χ3v) is 18.6. The summed E-state index contributed by atoms with van der Waals surface area (Å²) in [7, 11) is -0.766. The van der Waals surface area contributed by atoms with E-state index in [4.69, 9.17) is 28.9 Å². The zero-order valence-electron chi connectivity index (χ0n) is 33.7. The van der Waals surface area contributed by atoms with E-state index in [2.05, 4.69) is 62.9 Å². The molecule has 9 nitrogen and oxygen atoms in total. The molecule has 300 valence electrons. The largest absolute Gasteiger partial charge is 0.468 e. The van der Waals surface area contributed by atoms with Gasteiger partial charge in [-0.15, -0.1) is 5.54 Å². The number of pyridine rings is 1. The first kappa shape index (κ1) is 40.2. The third-order valence-electron chi connectivity index (χ3n) is 12.3. The van der Waals surface area contributed by atoms with E-state index in [9.17, 15) is 4.39 Å². The average molecular weight is 790 g/mol. The Labute approximate surface area is 329 Å². The van der Waals surface area contributed by atoms with Gasteiger partial charge in [-0.3, -0.25) is 9.88 Å². The van der Waals surface area contributed by atoms with Crippen molar-refractivity contribution in [1.29, 1.82) is 0 Å². The standard InChI is InChI=1S/C43H54F3N5O4Si/c1-27(2)56(28(3)4,29(5)6)19-12-33-36(45)11-10-30-20-32(55-26-52-7)21-34(37(30)33)39-38(46)40-35(23-47-39)41(50-14-9-17-53-18-16-50)49-42(48-40)54-25-43-13-8-15-51(43)24-31(44)22-43/h10-11,20-21,23,27-29,31H,8-9,13-18,22,24-26H2,1-7H3/t31-,43+/m1/s1. The second-order valence-corrected chi connectivity index (χ2v) is 22.1. The van der Waals surface area contributed by atoms with E-state index in [1.807, 2.05) is 4.90 Å². The minimum Gasteiger partial charge on any atom is -0.468 e. The summed E-state index contributed by atoms with van der Waals surface area (Å²) in [6, 6.07) is 6.51. The molecule has 13 heteroatoms. The van der Waals surface area contributed by atoms with Crippen LogP contribution in [0.4, 0.5) is 19.0 Å². The number of halogens is 3. The molecule has 5 heterocycles. The third kappa shape index (κ3) is 7.46. The summed E-state index contributed by atoms with van der Waals surface area (Å²) in [4.78, 5) is 18.5. The van der Waals surface area contributed by atoms with Crippen molar-refractivity contribution in [1.82, 2.24) is 19.9 Å². The molecule has 0 N–H and O–H groups in total. The quantitative estimate of drug-likeness (QED) is 0.0842. The van der Waals surface area contributed by atoms with E-state index in [0.717, 1.165) is 25.8 Å². The van der Waals surface area contributed by atoms with Gasteiger partial charge in [0, 0.05) is 56.9 Å². The molecular formula is C43H54F3N5O4Si. The van der Waals surface area contributed by atoms with Gasteiger partial charge < -0.3 is 23.8 Å². The van der Waals surface area contributed by atoms with Gasteiger partial charge in [-0.2, -0.15) is 9.97 Å². The Bertz CT molecular complexity index is 2110. The first-order valence-corrected chi connectivity index (χ1v) is 22.2. The van der Waals surface area contributed by atoms with E-state index >= 15 is 8.78 Å². The van der Waals surface area contributed by atoms with E-state index in [1.54, 1.807) is 24.4 Å². The predicted molar refractivity (Wildman–Crippen MR) is 217 cm³/mol. The summed E-state index contributed by atoms with van der Waals surface area (Å²) in [5, 5.41) is 1.46. The van der Waals surface area contributed by atoms with Crippen molar-refractivity contribution < 1.29 is 32.1 Å². The average Bonchev–Trinajstić information content (AvgIpc) is 3.55. The lowest BCUT2D eigenvalue weighted by atomic mass is 9.95. The van der Waals surface area contributed by atoms with Crippen LogP contribution in [0, 0.1) is 23.1 Å². The summed E-state index contributed by atoms with van der Waals surface area (Å²) in [5.41, 5.74) is 4.68. The second kappa shape index (κ2) is 16.5. The number of methoxy groups -OCH3 is 1. The van der Waals surface area contributed by atoms with E-state index in [-0.39, 0.29) is 36.2 Å². The fourth-order valence-corrected chi connectivity index (χ4v) is 14.9. The molecule has 3 aliphatic rings. The zero-order valence-corrected chi connectivity index (χ0v) is 34.7. The molecule has 0 spiro atoms. The number of fused-ring (bicyclic) bond motifs is 3. The molecule has 4 aromatic rings. The highest BCUT2D eigenvalue weighted by Crippen LogP contribution is 2.43. The van der Waals surface area contributed by atoms with Gasteiger partial charge in [-0.25, -0.2) is 13.2 Å². The van der Waals surface area contributed by atoms with Gasteiger partial charge in [0.15, 0.2) is 12.6 Å². The Hall–Kier alpha value is -3.96. The minimum atomic E-state index is -2.28. The predicted octanol–water partition coefficient (Wildman–Crippen LogP) is 8.86. The summed E-state index contributed by atoms with van der Waals surface area (Å²) in [6.45, 7) is 16.9. The van der Waals surface area contributed by atoms with Crippen molar-refractivity contribution in [3.05, 3.63) is 47.7 Å². The van der Waals surface area contributed by atoms with Crippen LogP contribution in [0.15, 0.2) is 30.5 Å². The summed E-state index contributed by atoms with van der Waals surface area (Å²) >= 11 is 0. The molecule has 56 heavy (non-hydrogen) atoms. The molecule has 0 radical (unpaired) electrons. The van der Waals surface area contributed by atoms with Crippen LogP contribution in [0.25, 0.3) is 32.9 Å². The van der Waals surface area contributed by atoms with E-state index in [1.165, 1.54) is 13.2 Å². The van der Waals surface area contributed by atoms with Crippen LogP contribution < -0.4 is 14.4 Å². The summed E-state index contributed by atoms with van der Waals surface area (Å²) < 4.78 is 71.5. The maximum atomic E-state index is 17.5. The maximum Gasteiger partial charge on any atom is 0.319 e. The molecule has 3 fully saturated rings. The van der Waals surface area contributed by atoms with Crippen molar-refractivity contribution in [2.45, 2.75) is 95.6 Å². The fraction of sp³-hybridized carbons (Fsp3) is 0.558. The van der Waals surface area contributed by atoms with Gasteiger partial charge in [0.1, 0.15) is 49.4 Å². The number of nitrogens with zero attached hydrogens (tertiary/aromatic N) is 5. The molecule has 3 aliphatic heterocycles. The molecule has 2 aromatic carbocycles. The van der Waals surface area contributed by atoms with Gasteiger partial charge >= 0.3 is 6.01 Å². The summed E-state index contributed by atoms with van der Waals surface area (Å²) in [6.07, 6.45) is 3.56. The second-order valence-electron chi connectivity index (χ2n) is 16.5. The molecule has 0 amide bonds. The summed E-state index contributed by atoms with van der Waals surface area (Å²) in [5.74, 6) is 3.01. The molecule has 2 atom stereocenters. The number of benzene rings is 2. The monoisotopic (exact) mass is 789 g/mol. The van der Waals surface area contributed by atoms with Crippen LogP contribution in [-0.4, -0.2) is 99.5 Å². The lowest BCUT2D eigenvalue weighted by Gasteiger charge is -2.38. The van der Waals surface area contributed by atoms with E-state index < -0.39 is 31.4 Å². The van der Waals surface area contributed by atoms with Gasteiger partial charge in [-0.1, -0.05) is 53.5 Å². The van der Waals surface area contributed by atoms with Crippen LogP contribution in [-0.2, 0) is 9.47 Å². The van der Waals surface area contributed by atoms with Crippen molar-refractivity contribution in [3.8, 4) is 34.5 Å². The van der Waals surface area contributed by atoms with Gasteiger partial charge in [-0.05, 0) is 66.0 Å². The fourth-order valence-electron chi connectivity index (χ4n) is 9.66. The highest BCUT2D eigenvalue weighted by atomic mass is 28.3. The molecule has 0 bridgehead atoms. The van der Waals surface area contributed by atoms with Crippen LogP contribution in [0.5, 0.6) is 11.8 Å². The van der Waals surface area contributed by atoms with Crippen molar-refractivity contribution in [2.75, 3.05) is 64.8 Å². The number of rotatable bonds is 11. The molecule has 7 rings (SSSR count). The van der Waals surface area contributed by atoms with E-state index in [0.29, 0.717) is 89.2 Å². The highest BCUT2D eigenvalue weighted by Gasteiger charge is 2.49. The Balaban J connectivity index is 1.42. The minimum absolute atomic E-state index is 0.00856. The number of hydrogen-bond donors (Lipinski definition) is 0. The number of hydrogen-bond acceptors (Lipinski definition) is 9. The van der Waals surface area contributed by atoms with Crippen molar-refractivity contribution in [3.63, 3.8) is 0 Å². The maximum absolute atomic E-state index is 17.5. The first-order chi connectivity index (χ1) is 26.9. The molecule has 0 saturated carbocycles. The van der Waals surface area contributed by atoms with Gasteiger partial charge in [0.2, 0.25) is 0 Å². The van der Waals surface area contributed by atoms with Gasteiger partial charge in [0.25, 0.3) is 0 Å². The lowest BCUT2D eigenvalue weighted by molar-refractivity contribution is 0.0512. The van der Waals surface area contributed by atoms with Crippen LogP contribution >= 0.6 is 0 Å².